The van der Waals surface area contributed by atoms with Crippen LogP contribution in [0.4, 0.5) is 0 Å². The number of methoxy groups -OCH3 is 2. The summed E-state index contributed by atoms with van der Waals surface area (Å²) in [5.41, 5.74) is 1.37. The van der Waals surface area contributed by atoms with E-state index in [4.69, 9.17) is 10.00 Å². The van der Waals surface area contributed by atoms with Gasteiger partial charge >= 0.3 is 5.97 Å². The maximum atomic E-state index is 11.2. The van der Waals surface area contributed by atoms with Crippen LogP contribution in [0, 0.1) is 11.3 Å². The summed E-state index contributed by atoms with van der Waals surface area (Å²) in [5.74, 6) is -0.236. The average Bonchev–Trinajstić information content (AvgIpc) is 2.49. The number of aromatic nitrogens is 1. The number of hydrogen-bond donors (Lipinski definition) is 0. The molecule has 0 fully saturated rings. The molecule has 108 valence electrons. The molecular weight excluding hydrogens is 258 g/mol. The first-order valence-corrected chi connectivity index (χ1v) is 6.32. The average molecular weight is 277 g/mol. The normalized spacial score (nSPS) is 10.3. The number of carbonyl (C=O) groups is 1. The quantitative estimate of drug-likeness (QED) is 0.659. The highest BCUT2D eigenvalue weighted by Crippen LogP contribution is 2.06. The highest BCUT2D eigenvalue weighted by molar-refractivity contribution is 5.69. The number of esters is 1. The predicted molar refractivity (Wildman–Crippen MR) is 72.7 cm³/mol. The molecule has 0 atom stereocenters. The summed E-state index contributed by atoms with van der Waals surface area (Å²) in [5, 5.41) is 8.84. The standard InChI is InChI=1S/C14H19N3O3/c1-19-8-7-17(6-4-14(18)20-2)11-12-3-5-16-13(9-12)10-15/h3,5,9H,4,6-8,11H2,1-2H3. The molecule has 6 nitrogen and oxygen atoms in total. The summed E-state index contributed by atoms with van der Waals surface area (Å²) >= 11 is 0. The van der Waals surface area contributed by atoms with E-state index in [-0.39, 0.29) is 5.97 Å². The summed E-state index contributed by atoms with van der Waals surface area (Å²) in [6.45, 7) is 2.51. The van der Waals surface area contributed by atoms with Crippen molar-refractivity contribution < 1.29 is 14.3 Å². The molecule has 0 bridgehead atoms. The lowest BCUT2D eigenvalue weighted by molar-refractivity contribution is -0.141. The van der Waals surface area contributed by atoms with E-state index in [2.05, 4.69) is 14.6 Å². The molecular formula is C14H19N3O3. The van der Waals surface area contributed by atoms with Gasteiger partial charge in [0.25, 0.3) is 0 Å². The second kappa shape index (κ2) is 9.02. The molecule has 0 radical (unpaired) electrons. The van der Waals surface area contributed by atoms with E-state index >= 15 is 0 Å². The Morgan fingerprint density at radius 2 is 2.25 bits per heavy atom. The third-order valence-electron chi connectivity index (χ3n) is 2.82. The van der Waals surface area contributed by atoms with Gasteiger partial charge in [-0.25, -0.2) is 4.98 Å². The molecule has 6 heteroatoms. The van der Waals surface area contributed by atoms with Gasteiger partial charge in [0, 0.05) is 32.9 Å². The van der Waals surface area contributed by atoms with E-state index < -0.39 is 0 Å². The Kier molecular flexibility index (Phi) is 7.25. The molecule has 1 heterocycles. The molecule has 1 aromatic rings. The van der Waals surface area contributed by atoms with Gasteiger partial charge in [-0.3, -0.25) is 9.69 Å². The maximum Gasteiger partial charge on any atom is 0.306 e. The lowest BCUT2D eigenvalue weighted by Crippen LogP contribution is -2.29. The van der Waals surface area contributed by atoms with Crippen molar-refractivity contribution in [3.8, 4) is 6.07 Å². The van der Waals surface area contributed by atoms with Crippen molar-refractivity contribution in [3.05, 3.63) is 29.6 Å². The monoisotopic (exact) mass is 277 g/mol. The molecule has 0 saturated heterocycles. The number of hydrogen-bond acceptors (Lipinski definition) is 6. The second-order valence-electron chi connectivity index (χ2n) is 4.26. The third kappa shape index (κ3) is 5.78. The summed E-state index contributed by atoms with van der Waals surface area (Å²) in [6.07, 6.45) is 1.94. The topological polar surface area (TPSA) is 75.4 Å². The van der Waals surface area contributed by atoms with Crippen LogP contribution in [0.1, 0.15) is 17.7 Å². The van der Waals surface area contributed by atoms with E-state index in [1.54, 1.807) is 19.4 Å². The zero-order chi connectivity index (χ0) is 14.8. The molecule has 0 unspecified atom stereocenters. The lowest BCUT2D eigenvalue weighted by atomic mass is 10.2. The van der Waals surface area contributed by atoms with Crippen molar-refractivity contribution >= 4 is 5.97 Å². The molecule has 20 heavy (non-hydrogen) atoms. The van der Waals surface area contributed by atoms with Crippen LogP contribution < -0.4 is 0 Å². The Morgan fingerprint density at radius 1 is 1.45 bits per heavy atom. The highest BCUT2D eigenvalue weighted by atomic mass is 16.5. The SMILES string of the molecule is COCCN(CCC(=O)OC)Cc1ccnc(C#N)c1. The Hall–Kier alpha value is -1.97. The largest absolute Gasteiger partial charge is 0.469 e. The molecule has 0 aliphatic carbocycles. The minimum atomic E-state index is -0.236. The molecule has 0 aliphatic rings. The number of nitrogens with zero attached hydrogens (tertiary/aromatic N) is 3. The van der Waals surface area contributed by atoms with Gasteiger partial charge in [-0.2, -0.15) is 5.26 Å². The van der Waals surface area contributed by atoms with Gasteiger partial charge in [0.1, 0.15) is 11.8 Å². The van der Waals surface area contributed by atoms with Crippen LogP contribution >= 0.6 is 0 Å². The van der Waals surface area contributed by atoms with E-state index in [1.165, 1.54) is 7.11 Å². The van der Waals surface area contributed by atoms with E-state index in [0.29, 0.717) is 38.4 Å². The summed E-state index contributed by atoms with van der Waals surface area (Å²) in [4.78, 5) is 17.2. The Bertz CT molecular complexity index is 471. The van der Waals surface area contributed by atoms with Gasteiger partial charge in [0.2, 0.25) is 0 Å². The number of rotatable bonds is 8. The van der Waals surface area contributed by atoms with Crippen LogP contribution in [-0.4, -0.2) is 49.8 Å². The van der Waals surface area contributed by atoms with Crippen molar-refractivity contribution in [1.82, 2.24) is 9.88 Å². The molecule has 0 aromatic carbocycles. The van der Waals surface area contributed by atoms with Crippen LogP contribution in [-0.2, 0) is 20.8 Å². The van der Waals surface area contributed by atoms with Gasteiger partial charge in [-0.15, -0.1) is 0 Å². The lowest BCUT2D eigenvalue weighted by Gasteiger charge is -2.21. The third-order valence-corrected chi connectivity index (χ3v) is 2.82. The molecule has 0 spiro atoms. The molecule has 0 amide bonds. The van der Waals surface area contributed by atoms with Gasteiger partial charge < -0.3 is 9.47 Å². The summed E-state index contributed by atoms with van der Waals surface area (Å²) in [7, 11) is 3.02. The first-order valence-electron chi connectivity index (χ1n) is 6.32. The minimum Gasteiger partial charge on any atom is -0.469 e. The van der Waals surface area contributed by atoms with Gasteiger partial charge in [0.05, 0.1) is 20.1 Å². The summed E-state index contributed by atoms with van der Waals surface area (Å²) < 4.78 is 9.71. The van der Waals surface area contributed by atoms with Gasteiger partial charge in [-0.05, 0) is 17.7 Å². The zero-order valence-electron chi connectivity index (χ0n) is 11.8. The second-order valence-corrected chi connectivity index (χ2v) is 4.26. The molecule has 0 saturated carbocycles. The fourth-order valence-electron chi connectivity index (χ4n) is 1.73. The van der Waals surface area contributed by atoms with Crippen LogP contribution in [0.2, 0.25) is 0 Å². The number of carbonyl (C=O) groups excluding carboxylic acids is 1. The van der Waals surface area contributed by atoms with Crippen LogP contribution in [0.15, 0.2) is 18.3 Å². The highest BCUT2D eigenvalue weighted by Gasteiger charge is 2.09. The number of nitriles is 1. The van der Waals surface area contributed by atoms with Crippen LogP contribution in [0.3, 0.4) is 0 Å². The Labute approximate surface area is 118 Å². The van der Waals surface area contributed by atoms with Crippen molar-refractivity contribution in [1.29, 1.82) is 5.26 Å². The Morgan fingerprint density at radius 3 is 2.90 bits per heavy atom. The van der Waals surface area contributed by atoms with Crippen molar-refractivity contribution in [2.75, 3.05) is 33.9 Å². The van der Waals surface area contributed by atoms with Gasteiger partial charge in [-0.1, -0.05) is 0 Å². The van der Waals surface area contributed by atoms with Crippen molar-refractivity contribution in [2.45, 2.75) is 13.0 Å². The van der Waals surface area contributed by atoms with Crippen molar-refractivity contribution in [3.63, 3.8) is 0 Å². The van der Waals surface area contributed by atoms with Gasteiger partial charge in [0.15, 0.2) is 0 Å². The maximum absolute atomic E-state index is 11.2. The van der Waals surface area contributed by atoms with Crippen LogP contribution in [0.25, 0.3) is 0 Å². The smallest absolute Gasteiger partial charge is 0.306 e. The van der Waals surface area contributed by atoms with E-state index in [9.17, 15) is 4.79 Å². The first kappa shape index (κ1) is 16.1. The first-order chi connectivity index (χ1) is 9.69. The van der Waals surface area contributed by atoms with E-state index in [1.807, 2.05) is 12.1 Å². The molecule has 1 rings (SSSR count). The van der Waals surface area contributed by atoms with Crippen molar-refractivity contribution in [2.24, 2.45) is 0 Å². The number of ether oxygens (including phenoxy) is 2. The molecule has 1 aromatic heterocycles. The molecule has 0 aliphatic heterocycles. The van der Waals surface area contributed by atoms with E-state index in [0.717, 1.165) is 5.56 Å². The molecule has 0 N–H and O–H groups in total. The zero-order valence-corrected chi connectivity index (χ0v) is 11.8. The number of pyridine rings is 1. The fourth-order valence-corrected chi connectivity index (χ4v) is 1.73. The fraction of sp³-hybridized carbons (Fsp3) is 0.500. The minimum absolute atomic E-state index is 0.236. The summed E-state index contributed by atoms with van der Waals surface area (Å²) in [6, 6.07) is 5.62. The predicted octanol–water partition coefficient (Wildman–Crippen LogP) is 0.965. The van der Waals surface area contributed by atoms with Crippen LogP contribution in [0.5, 0.6) is 0 Å². The Balaban J connectivity index is 2.62.